The van der Waals surface area contributed by atoms with E-state index in [0.717, 1.165) is 35.4 Å². The molecule has 190 valence electrons. The van der Waals surface area contributed by atoms with Gasteiger partial charge in [-0.15, -0.1) is 0 Å². The van der Waals surface area contributed by atoms with Gasteiger partial charge in [0.1, 0.15) is 18.1 Å². The lowest BCUT2D eigenvalue weighted by Gasteiger charge is -2.46. The molecule has 2 atom stereocenters. The Bertz CT molecular complexity index is 1320. The Balaban J connectivity index is 1.29. The zero-order valence-electron chi connectivity index (χ0n) is 21.1. The zero-order valence-corrected chi connectivity index (χ0v) is 21.1. The van der Waals surface area contributed by atoms with Crippen molar-refractivity contribution in [2.24, 2.45) is 5.92 Å². The first-order chi connectivity index (χ1) is 17.6. The average molecular weight is 491 g/mol. The van der Waals surface area contributed by atoms with Gasteiger partial charge in [0.2, 0.25) is 0 Å². The van der Waals surface area contributed by atoms with Crippen LogP contribution in [0.5, 0.6) is 17.2 Å². The molecule has 0 radical (unpaired) electrons. The number of fused-ring (bicyclic) bond motifs is 4. The number of benzene rings is 2. The van der Waals surface area contributed by atoms with Gasteiger partial charge in [0.15, 0.2) is 11.5 Å². The Labute approximate surface area is 211 Å². The van der Waals surface area contributed by atoms with Crippen molar-refractivity contribution in [3.05, 3.63) is 52.4 Å². The summed E-state index contributed by atoms with van der Waals surface area (Å²) in [5.74, 6) is 2.67. The summed E-state index contributed by atoms with van der Waals surface area (Å²) in [5, 5.41) is 0.889. The molecule has 36 heavy (non-hydrogen) atoms. The molecular weight excluding hydrogens is 456 g/mol. The predicted molar refractivity (Wildman–Crippen MR) is 139 cm³/mol. The third-order valence-electron chi connectivity index (χ3n) is 8.16. The maximum Gasteiger partial charge on any atom is 0.344 e. The molecule has 0 spiro atoms. The highest BCUT2D eigenvalue weighted by Crippen LogP contribution is 2.37. The van der Waals surface area contributed by atoms with E-state index >= 15 is 0 Å². The maximum atomic E-state index is 13.1. The number of methoxy groups -OCH3 is 2. The molecule has 3 aromatic rings. The van der Waals surface area contributed by atoms with Crippen LogP contribution in [0.4, 0.5) is 0 Å². The molecule has 7 nitrogen and oxygen atoms in total. The number of hydrogen-bond acceptors (Lipinski definition) is 7. The molecule has 7 heteroatoms. The minimum absolute atomic E-state index is 0.370. The van der Waals surface area contributed by atoms with Gasteiger partial charge in [-0.3, -0.25) is 4.90 Å². The van der Waals surface area contributed by atoms with Crippen molar-refractivity contribution in [2.75, 3.05) is 40.6 Å². The lowest BCUT2D eigenvalue weighted by atomic mass is 9.83. The summed E-state index contributed by atoms with van der Waals surface area (Å²) in [6, 6.07) is 12.0. The minimum Gasteiger partial charge on any atom is -0.493 e. The van der Waals surface area contributed by atoms with Crippen molar-refractivity contribution >= 4 is 11.0 Å². The lowest BCUT2D eigenvalue weighted by molar-refractivity contribution is 0.0146. The molecule has 0 aliphatic carbocycles. The van der Waals surface area contributed by atoms with Gasteiger partial charge in [-0.1, -0.05) is 12.5 Å². The molecule has 2 fully saturated rings. The number of hydrogen-bond donors (Lipinski definition) is 0. The molecule has 2 unspecified atom stereocenters. The highest BCUT2D eigenvalue weighted by atomic mass is 16.5. The largest absolute Gasteiger partial charge is 0.493 e. The van der Waals surface area contributed by atoms with Gasteiger partial charge < -0.3 is 23.5 Å². The van der Waals surface area contributed by atoms with Crippen molar-refractivity contribution in [3.8, 4) is 28.4 Å². The third-order valence-corrected chi connectivity index (χ3v) is 8.16. The zero-order chi connectivity index (χ0) is 24.6. The van der Waals surface area contributed by atoms with E-state index in [1.54, 1.807) is 26.4 Å². The summed E-state index contributed by atoms with van der Waals surface area (Å²) < 4.78 is 22.9. The van der Waals surface area contributed by atoms with Gasteiger partial charge in [-0.05, 0) is 80.6 Å². The second-order valence-electron chi connectivity index (χ2n) is 10.3. The van der Waals surface area contributed by atoms with Crippen LogP contribution in [0.1, 0.15) is 37.7 Å². The SMILES string of the molecule is COc1ccc(-c2cc3ccc4c(c3oc2=O)CN(CC2CCCN3CCCCC23)CO4)cc1OC. The van der Waals surface area contributed by atoms with Crippen molar-refractivity contribution in [2.45, 2.75) is 44.7 Å². The fourth-order valence-electron chi connectivity index (χ4n) is 6.38. The normalized spacial score (nSPS) is 22.5. The van der Waals surface area contributed by atoms with Gasteiger partial charge in [0.05, 0.1) is 25.3 Å². The fourth-order valence-corrected chi connectivity index (χ4v) is 6.38. The Morgan fingerprint density at radius 2 is 1.83 bits per heavy atom. The smallest absolute Gasteiger partial charge is 0.344 e. The number of ether oxygens (including phenoxy) is 3. The second-order valence-corrected chi connectivity index (χ2v) is 10.3. The maximum absolute atomic E-state index is 13.1. The van der Waals surface area contributed by atoms with Gasteiger partial charge in [0.25, 0.3) is 0 Å². The highest BCUT2D eigenvalue weighted by molar-refractivity contribution is 5.86. The average Bonchev–Trinajstić information content (AvgIpc) is 2.92. The van der Waals surface area contributed by atoms with Crippen molar-refractivity contribution in [1.82, 2.24) is 9.80 Å². The Kier molecular flexibility index (Phi) is 6.36. The van der Waals surface area contributed by atoms with Gasteiger partial charge in [0, 0.05) is 24.5 Å². The first kappa shape index (κ1) is 23.4. The molecule has 4 heterocycles. The van der Waals surface area contributed by atoms with Crippen molar-refractivity contribution < 1.29 is 18.6 Å². The van der Waals surface area contributed by atoms with E-state index in [1.807, 2.05) is 24.3 Å². The molecule has 3 aliphatic heterocycles. The van der Waals surface area contributed by atoms with E-state index in [1.165, 1.54) is 45.2 Å². The molecule has 0 amide bonds. The van der Waals surface area contributed by atoms with Crippen LogP contribution in [-0.2, 0) is 6.54 Å². The number of nitrogens with zero attached hydrogens (tertiary/aromatic N) is 2. The third kappa shape index (κ3) is 4.24. The van der Waals surface area contributed by atoms with E-state index < -0.39 is 0 Å². The molecule has 2 saturated heterocycles. The van der Waals surface area contributed by atoms with Gasteiger partial charge in [-0.25, -0.2) is 4.79 Å². The Morgan fingerprint density at radius 1 is 0.972 bits per heavy atom. The molecule has 3 aliphatic rings. The van der Waals surface area contributed by atoms with Crippen LogP contribution >= 0.6 is 0 Å². The molecule has 6 rings (SSSR count). The summed E-state index contributed by atoms with van der Waals surface area (Å²) in [7, 11) is 3.18. The van der Waals surface area contributed by atoms with Crippen molar-refractivity contribution in [1.29, 1.82) is 0 Å². The first-order valence-electron chi connectivity index (χ1n) is 13.1. The van der Waals surface area contributed by atoms with E-state index in [0.29, 0.717) is 41.3 Å². The van der Waals surface area contributed by atoms with Crippen LogP contribution < -0.4 is 19.8 Å². The molecule has 1 aromatic heterocycles. The topological polar surface area (TPSA) is 64.4 Å². The lowest BCUT2D eigenvalue weighted by Crippen LogP contribution is -2.51. The van der Waals surface area contributed by atoms with Crippen LogP contribution in [0.15, 0.2) is 45.6 Å². The quantitative estimate of drug-likeness (QED) is 0.472. The Hall–Kier alpha value is -3.03. The fraction of sp³-hybridized carbons (Fsp3) is 0.483. The Morgan fingerprint density at radius 3 is 2.69 bits per heavy atom. The van der Waals surface area contributed by atoms with Crippen LogP contribution in [0.25, 0.3) is 22.1 Å². The minimum atomic E-state index is -0.370. The molecule has 0 bridgehead atoms. The van der Waals surface area contributed by atoms with E-state index in [9.17, 15) is 4.79 Å². The number of rotatable bonds is 5. The second kappa shape index (κ2) is 9.79. The van der Waals surface area contributed by atoms with E-state index in [-0.39, 0.29) is 5.63 Å². The monoisotopic (exact) mass is 490 g/mol. The van der Waals surface area contributed by atoms with Crippen LogP contribution in [0.2, 0.25) is 0 Å². The van der Waals surface area contributed by atoms with Crippen LogP contribution in [-0.4, -0.2) is 56.4 Å². The molecular formula is C29H34N2O5. The number of piperidine rings is 2. The summed E-state index contributed by atoms with van der Waals surface area (Å²) >= 11 is 0. The van der Waals surface area contributed by atoms with E-state index in [4.69, 9.17) is 18.6 Å². The summed E-state index contributed by atoms with van der Waals surface area (Å²) in [6.45, 7) is 4.83. The van der Waals surface area contributed by atoms with Gasteiger partial charge >= 0.3 is 5.63 Å². The van der Waals surface area contributed by atoms with Crippen molar-refractivity contribution in [3.63, 3.8) is 0 Å². The van der Waals surface area contributed by atoms with Gasteiger partial charge in [-0.2, -0.15) is 0 Å². The summed E-state index contributed by atoms with van der Waals surface area (Å²) in [6.07, 6.45) is 6.55. The molecule has 2 aromatic carbocycles. The predicted octanol–water partition coefficient (Wildman–Crippen LogP) is 4.89. The van der Waals surface area contributed by atoms with E-state index in [2.05, 4.69) is 9.80 Å². The van der Waals surface area contributed by atoms with Crippen LogP contribution in [0, 0.1) is 5.92 Å². The summed E-state index contributed by atoms with van der Waals surface area (Å²) in [4.78, 5) is 18.2. The summed E-state index contributed by atoms with van der Waals surface area (Å²) in [5.41, 5.74) is 2.44. The first-order valence-corrected chi connectivity index (χ1v) is 13.1. The highest BCUT2D eigenvalue weighted by Gasteiger charge is 2.35. The van der Waals surface area contributed by atoms with Crippen LogP contribution in [0.3, 0.4) is 0 Å². The molecule has 0 saturated carbocycles. The standard InChI is InChI=1S/C29H34N2O5/c1-33-26-11-8-19(15-27(26)34-2)22-14-20-9-10-25-23(28(20)36-29(22)32)17-30(18-35-25)16-21-6-5-13-31-12-4-3-7-24(21)31/h8-11,14-15,21,24H,3-7,12-13,16-18H2,1-2H3. The molecule has 0 N–H and O–H groups in total.